The summed E-state index contributed by atoms with van der Waals surface area (Å²) < 4.78 is 11.6. The SMILES string of the molecule is CCNC1CCOCC1Oc1ccc2c(c1)CCC(=O)N2. The first-order valence-corrected chi connectivity index (χ1v) is 7.67. The molecule has 21 heavy (non-hydrogen) atoms. The average Bonchev–Trinajstić information content (AvgIpc) is 2.50. The van der Waals surface area contributed by atoms with Crippen LogP contribution in [0, 0.1) is 0 Å². The van der Waals surface area contributed by atoms with Gasteiger partial charge in [0.2, 0.25) is 5.91 Å². The quantitative estimate of drug-likeness (QED) is 0.886. The molecule has 0 radical (unpaired) electrons. The Bertz CT molecular complexity index is 516. The summed E-state index contributed by atoms with van der Waals surface area (Å²) in [6.45, 7) is 4.44. The summed E-state index contributed by atoms with van der Waals surface area (Å²) in [5, 5.41) is 6.35. The van der Waals surface area contributed by atoms with Crippen molar-refractivity contribution in [3.05, 3.63) is 23.8 Å². The number of fused-ring (bicyclic) bond motifs is 1. The zero-order valence-corrected chi connectivity index (χ0v) is 12.4. The van der Waals surface area contributed by atoms with E-state index >= 15 is 0 Å². The molecule has 3 rings (SSSR count). The van der Waals surface area contributed by atoms with Crippen LogP contribution in [0.4, 0.5) is 5.69 Å². The Labute approximate surface area is 125 Å². The highest BCUT2D eigenvalue weighted by atomic mass is 16.5. The van der Waals surface area contributed by atoms with Crippen LogP contribution in [0.15, 0.2) is 18.2 Å². The maximum atomic E-state index is 11.4. The fraction of sp³-hybridized carbons (Fsp3) is 0.562. The summed E-state index contributed by atoms with van der Waals surface area (Å²) in [4.78, 5) is 11.4. The second-order valence-electron chi connectivity index (χ2n) is 5.55. The fourth-order valence-electron chi connectivity index (χ4n) is 2.93. The summed E-state index contributed by atoms with van der Waals surface area (Å²) in [6.07, 6.45) is 2.33. The Morgan fingerprint density at radius 3 is 3.19 bits per heavy atom. The van der Waals surface area contributed by atoms with Crippen molar-refractivity contribution in [2.45, 2.75) is 38.3 Å². The number of carbonyl (C=O) groups excluding carboxylic acids is 1. The van der Waals surface area contributed by atoms with Crippen molar-refractivity contribution in [2.75, 3.05) is 25.1 Å². The summed E-state index contributed by atoms with van der Waals surface area (Å²) in [5.41, 5.74) is 2.05. The molecule has 2 heterocycles. The van der Waals surface area contributed by atoms with Gasteiger partial charge in [-0.3, -0.25) is 4.79 Å². The largest absolute Gasteiger partial charge is 0.486 e. The van der Waals surface area contributed by atoms with Crippen LogP contribution in [-0.4, -0.2) is 37.8 Å². The first-order valence-electron chi connectivity index (χ1n) is 7.67. The number of likely N-dealkylation sites (N-methyl/N-ethyl adjacent to an activating group) is 1. The zero-order chi connectivity index (χ0) is 14.7. The van der Waals surface area contributed by atoms with Gasteiger partial charge in [0.05, 0.1) is 6.61 Å². The number of benzene rings is 1. The predicted octanol–water partition coefficient (Wildman–Crippen LogP) is 1.72. The molecule has 1 amide bonds. The first kappa shape index (κ1) is 14.4. The summed E-state index contributed by atoms with van der Waals surface area (Å²) in [7, 11) is 0. The molecule has 1 aromatic rings. The maximum Gasteiger partial charge on any atom is 0.224 e. The Balaban J connectivity index is 1.70. The van der Waals surface area contributed by atoms with Crippen molar-refractivity contribution in [3.63, 3.8) is 0 Å². The number of nitrogens with one attached hydrogen (secondary N) is 2. The number of amides is 1. The molecule has 0 bridgehead atoms. The maximum absolute atomic E-state index is 11.4. The third-order valence-electron chi connectivity index (χ3n) is 4.03. The number of hydrogen-bond acceptors (Lipinski definition) is 4. The standard InChI is InChI=1S/C16H22N2O3/c1-2-17-14-7-8-20-10-15(14)21-12-4-5-13-11(9-12)3-6-16(19)18-13/h4-5,9,14-15,17H,2-3,6-8,10H2,1H3,(H,18,19). The van der Waals surface area contributed by atoms with Gasteiger partial charge in [-0.25, -0.2) is 0 Å². The molecule has 1 saturated heterocycles. The number of anilines is 1. The minimum absolute atomic E-state index is 0.0370. The van der Waals surface area contributed by atoms with Crippen LogP contribution in [0.1, 0.15) is 25.3 Å². The summed E-state index contributed by atoms with van der Waals surface area (Å²) in [5.74, 6) is 0.937. The van der Waals surface area contributed by atoms with Crippen LogP contribution in [0.25, 0.3) is 0 Å². The summed E-state index contributed by atoms with van der Waals surface area (Å²) in [6, 6.07) is 6.21. The minimum Gasteiger partial charge on any atom is -0.486 e. The molecule has 0 aliphatic carbocycles. The van der Waals surface area contributed by atoms with Crippen molar-refractivity contribution in [2.24, 2.45) is 0 Å². The van der Waals surface area contributed by atoms with E-state index in [4.69, 9.17) is 9.47 Å². The number of rotatable bonds is 4. The van der Waals surface area contributed by atoms with E-state index in [0.717, 1.165) is 43.0 Å². The molecule has 5 nitrogen and oxygen atoms in total. The zero-order valence-electron chi connectivity index (χ0n) is 12.4. The third-order valence-corrected chi connectivity index (χ3v) is 4.03. The van der Waals surface area contributed by atoms with Gasteiger partial charge in [0.1, 0.15) is 11.9 Å². The molecule has 2 aliphatic rings. The third kappa shape index (κ3) is 3.36. The van der Waals surface area contributed by atoms with Crippen LogP contribution in [0.5, 0.6) is 5.75 Å². The highest BCUT2D eigenvalue weighted by molar-refractivity contribution is 5.93. The predicted molar refractivity (Wildman–Crippen MR) is 80.7 cm³/mol. The van der Waals surface area contributed by atoms with Gasteiger partial charge in [0.25, 0.3) is 0 Å². The van der Waals surface area contributed by atoms with Crippen molar-refractivity contribution in [1.82, 2.24) is 5.32 Å². The van der Waals surface area contributed by atoms with E-state index in [1.807, 2.05) is 18.2 Å². The Morgan fingerprint density at radius 2 is 2.33 bits per heavy atom. The van der Waals surface area contributed by atoms with E-state index in [1.165, 1.54) is 0 Å². The van der Waals surface area contributed by atoms with Gasteiger partial charge >= 0.3 is 0 Å². The van der Waals surface area contributed by atoms with E-state index in [9.17, 15) is 4.79 Å². The van der Waals surface area contributed by atoms with Crippen LogP contribution in [0.3, 0.4) is 0 Å². The van der Waals surface area contributed by atoms with Gasteiger partial charge in [0.15, 0.2) is 0 Å². The molecule has 1 aromatic carbocycles. The molecule has 2 N–H and O–H groups in total. The van der Waals surface area contributed by atoms with Crippen molar-refractivity contribution in [3.8, 4) is 5.75 Å². The van der Waals surface area contributed by atoms with Crippen LogP contribution in [-0.2, 0) is 16.0 Å². The van der Waals surface area contributed by atoms with E-state index in [1.54, 1.807) is 0 Å². The van der Waals surface area contributed by atoms with E-state index in [0.29, 0.717) is 19.1 Å². The number of aryl methyl sites for hydroxylation is 1. The average molecular weight is 290 g/mol. The van der Waals surface area contributed by atoms with Gasteiger partial charge in [-0.05, 0) is 43.1 Å². The molecule has 1 fully saturated rings. The van der Waals surface area contributed by atoms with E-state index in [2.05, 4.69) is 17.6 Å². The fourth-order valence-corrected chi connectivity index (χ4v) is 2.93. The first-order chi connectivity index (χ1) is 10.3. The van der Waals surface area contributed by atoms with Gasteiger partial charge in [0, 0.05) is 24.8 Å². The second-order valence-corrected chi connectivity index (χ2v) is 5.55. The molecule has 2 atom stereocenters. The van der Waals surface area contributed by atoms with Gasteiger partial charge in [-0.15, -0.1) is 0 Å². The highest BCUT2D eigenvalue weighted by Gasteiger charge is 2.27. The monoisotopic (exact) mass is 290 g/mol. The molecule has 5 heteroatoms. The Kier molecular flexibility index (Phi) is 4.41. The van der Waals surface area contributed by atoms with E-state index < -0.39 is 0 Å². The van der Waals surface area contributed by atoms with Gasteiger partial charge in [-0.2, -0.15) is 0 Å². The van der Waals surface area contributed by atoms with Crippen molar-refractivity contribution < 1.29 is 14.3 Å². The topological polar surface area (TPSA) is 59.6 Å². The smallest absolute Gasteiger partial charge is 0.224 e. The van der Waals surface area contributed by atoms with Crippen molar-refractivity contribution >= 4 is 11.6 Å². The number of hydrogen-bond donors (Lipinski definition) is 2. The highest BCUT2D eigenvalue weighted by Crippen LogP contribution is 2.28. The lowest BCUT2D eigenvalue weighted by atomic mass is 10.0. The number of carbonyl (C=O) groups is 1. The number of ether oxygens (including phenoxy) is 2. The Morgan fingerprint density at radius 1 is 1.43 bits per heavy atom. The second kappa shape index (κ2) is 6.45. The van der Waals surface area contributed by atoms with Crippen LogP contribution < -0.4 is 15.4 Å². The molecule has 114 valence electrons. The Hall–Kier alpha value is -1.59. The van der Waals surface area contributed by atoms with Crippen molar-refractivity contribution in [1.29, 1.82) is 0 Å². The lowest BCUT2D eigenvalue weighted by molar-refractivity contribution is -0.116. The van der Waals surface area contributed by atoms with Crippen LogP contribution >= 0.6 is 0 Å². The molecule has 2 aliphatic heterocycles. The van der Waals surface area contributed by atoms with Crippen LogP contribution in [0.2, 0.25) is 0 Å². The molecule has 2 unspecified atom stereocenters. The molecule has 0 aromatic heterocycles. The molecule has 0 spiro atoms. The lowest BCUT2D eigenvalue weighted by Crippen LogP contribution is -2.49. The molecular formula is C16H22N2O3. The normalized spacial score (nSPS) is 25.1. The minimum atomic E-state index is 0.0370. The van der Waals surface area contributed by atoms with E-state index in [-0.39, 0.29) is 12.0 Å². The molecular weight excluding hydrogens is 268 g/mol. The summed E-state index contributed by atoms with van der Waals surface area (Å²) >= 11 is 0. The van der Waals surface area contributed by atoms with Gasteiger partial charge in [-0.1, -0.05) is 6.92 Å². The molecule has 0 saturated carbocycles. The van der Waals surface area contributed by atoms with Gasteiger partial charge < -0.3 is 20.1 Å². The lowest BCUT2D eigenvalue weighted by Gasteiger charge is -2.32.